The number of carbonyl (C=O) groups is 2. The molecule has 1 aromatic heterocycles. The number of nitrogens with zero attached hydrogens (tertiary/aromatic N) is 4. The molecule has 0 saturated carbocycles. The predicted octanol–water partition coefficient (Wildman–Crippen LogP) is 4.26. The number of hydrogen-bond donors (Lipinski definition) is 1. The van der Waals surface area contributed by atoms with E-state index < -0.39 is 11.2 Å². The number of amidine groups is 1. The van der Waals surface area contributed by atoms with Gasteiger partial charge in [-0.05, 0) is 30.3 Å². The summed E-state index contributed by atoms with van der Waals surface area (Å²) in [5, 5.41) is 8.89. The minimum Gasteiger partial charge on any atom is -0.377 e. The molecule has 2 heterocycles. The number of halogens is 2. The summed E-state index contributed by atoms with van der Waals surface area (Å²) in [6.07, 6.45) is 3.22. The number of para-hydroxylation sites is 1. The van der Waals surface area contributed by atoms with Crippen molar-refractivity contribution in [3.8, 4) is 0 Å². The average molecular weight is 472 g/mol. The molecule has 0 radical (unpaired) electrons. The van der Waals surface area contributed by atoms with Gasteiger partial charge in [-0.3, -0.25) is 14.6 Å². The molecule has 4 rings (SSSR count). The first-order chi connectivity index (χ1) is 14.9. The Bertz CT molecular complexity index is 1240. The summed E-state index contributed by atoms with van der Waals surface area (Å²) in [4.78, 5) is 30.5. The van der Waals surface area contributed by atoms with Crippen molar-refractivity contribution in [1.29, 1.82) is 0 Å². The number of nitrogens with two attached hydrogens (primary N) is 1. The van der Waals surface area contributed by atoms with Gasteiger partial charge in [-0.1, -0.05) is 53.2 Å². The maximum atomic E-state index is 12.8. The summed E-state index contributed by atoms with van der Waals surface area (Å²) in [5.74, 6) is -0.812. The fraction of sp³-hybridized carbons (Fsp3) is 0.0952. The van der Waals surface area contributed by atoms with Crippen molar-refractivity contribution in [2.45, 2.75) is 11.7 Å². The molecule has 2 amide bonds. The molecule has 0 unspecified atom stereocenters. The third-order valence-corrected chi connectivity index (χ3v) is 6.08. The Morgan fingerprint density at radius 2 is 2.00 bits per heavy atom. The van der Waals surface area contributed by atoms with E-state index in [0.717, 1.165) is 33.1 Å². The van der Waals surface area contributed by atoms with Gasteiger partial charge in [0, 0.05) is 28.6 Å². The zero-order valence-electron chi connectivity index (χ0n) is 15.9. The Kier molecular flexibility index (Phi) is 6.22. The molecule has 0 bridgehead atoms. The summed E-state index contributed by atoms with van der Waals surface area (Å²) in [6, 6.07) is 14.1. The topological polar surface area (TPSA) is 101 Å². The van der Waals surface area contributed by atoms with Crippen LogP contribution in [-0.2, 0) is 9.59 Å². The summed E-state index contributed by atoms with van der Waals surface area (Å²) in [6.45, 7) is 0. The number of amides is 2. The van der Waals surface area contributed by atoms with Crippen LogP contribution in [0, 0.1) is 0 Å². The molecule has 7 nitrogen and oxygen atoms in total. The summed E-state index contributed by atoms with van der Waals surface area (Å²) in [7, 11) is 0. The first-order valence-corrected chi connectivity index (χ1v) is 10.8. The highest BCUT2D eigenvalue weighted by molar-refractivity contribution is 8.14. The first-order valence-electron chi connectivity index (χ1n) is 9.13. The van der Waals surface area contributed by atoms with Gasteiger partial charge in [0.15, 0.2) is 5.17 Å². The number of imide groups is 1. The van der Waals surface area contributed by atoms with Gasteiger partial charge < -0.3 is 5.73 Å². The van der Waals surface area contributed by atoms with Crippen molar-refractivity contribution >= 4 is 74.8 Å². The van der Waals surface area contributed by atoms with Gasteiger partial charge in [0.2, 0.25) is 11.8 Å². The van der Waals surface area contributed by atoms with Gasteiger partial charge in [0.1, 0.15) is 5.25 Å². The highest BCUT2D eigenvalue weighted by atomic mass is 35.5. The van der Waals surface area contributed by atoms with Gasteiger partial charge >= 0.3 is 0 Å². The second kappa shape index (κ2) is 9.05. The summed E-state index contributed by atoms with van der Waals surface area (Å²) < 4.78 is 0. The number of benzene rings is 2. The molecule has 3 aromatic rings. The highest BCUT2D eigenvalue weighted by Gasteiger charge is 2.41. The van der Waals surface area contributed by atoms with E-state index in [9.17, 15) is 9.59 Å². The lowest BCUT2D eigenvalue weighted by molar-refractivity contribution is -0.121. The van der Waals surface area contributed by atoms with Gasteiger partial charge in [0.25, 0.3) is 0 Å². The Balaban J connectivity index is 1.48. The molecule has 156 valence electrons. The van der Waals surface area contributed by atoms with Gasteiger partial charge in [-0.15, -0.1) is 5.10 Å². The van der Waals surface area contributed by atoms with Crippen LogP contribution < -0.4 is 10.6 Å². The molecule has 0 spiro atoms. The van der Waals surface area contributed by atoms with Gasteiger partial charge in [-0.25, -0.2) is 4.90 Å². The normalized spacial score (nSPS) is 17.3. The molecular weight excluding hydrogens is 457 g/mol. The smallest absolute Gasteiger partial charge is 0.247 e. The van der Waals surface area contributed by atoms with Crippen LogP contribution in [0.15, 0.2) is 64.9 Å². The fourth-order valence-corrected chi connectivity index (χ4v) is 4.34. The van der Waals surface area contributed by atoms with Crippen LogP contribution in [0.25, 0.3) is 10.9 Å². The van der Waals surface area contributed by atoms with E-state index in [4.69, 9.17) is 28.9 Å². The first kappa shape index (κ1) is 21.3. The fourth-order valence-electron chi connectivity index (χ4n) is 3.15. The second-order valence-electron chi connectivity index (χ2n) is 6.57. The van der Waals surface area contributed by atoms with Crippen LogP contribution in [0.1, 0.15) is 12.0 Å². The number of thioether (sulfide) groups is 1. The van der Waals surface area contributed by atoms with Gasteiger partial charge in [0.05, 0.1) is 22.4 Å². The van der Waals surface area contributed by atoms with Crippen molar-refractivity contribution in [2.24, 2.45) is 15.9 Å². The lowest BCUT2D eigenvalue weighted by Gasteiger charge is -2.16. The third kappa shape index (κ3) is 4.56. The van der Waals surface area contributed by atoms with Crippen LogP contribution in [0.5, 0.6) is 0 Å². The quantitative estimate of drug-likeness (QED) is 0.265. The van der Waals surface area contributed by atoms with Crippen LogP contribution in [0.3, 0.4) is 0 Å². The molecule has 0 aliphatic carbocycles. The van der Waals surface area contributed by atoms with Crippen molar-refractivity contribution in [2.75, 3.05) is 4.90 Å². The summed E-state index contributed by atoms with van der Waals surface area (Å²) in [5.41, 5.74) is 7.86. The standard InChI is InChI=1S/C21H15Cl2N5O2S/c22-13-5-6-15(23)17(9-13)28-19(29)10-18(20(28)30)31-21(24)27-26-11-12-7-8-25-16-4-2-1-3-14(12)16/h1-9,11,18H,10H2,(H2,24,27)/t18-/m0/s1. The summed E-state index contributed by atoms with van der Waals surface area (Å²) >= 11 is 13.1. The number of hydrogen-bond acceptors (Lipinski definition) is 6. The average Bonchev–Trinajstić information content (AvgIpc) is 3.03. The maximum Gasteiger partial charge on any atom is 0.247 e. The van der Waals surface area contributed by atoms with E-state index in [1.807, 2.05) is 30.3 Å². The number of anilines is 1. The molecule has 1 atom stereocenters. The van der Waals surface area contributed by atoms with E-state index in [0.29, 0.717) is 5.02 Å². The number of carbonyl (C=O) groups excluding carboxylic acids is 2. The van der Waals surface area contributed by atoms with Crippen molar-refractivity contribution in [3.05, 3.63) is 70.3 Å². The lowest BCUT2D eigenvalue weighted by Crippen LogP contribution is -2.32. The van der Waals surface area contributed by atoms with Crippen LogP contribution in [0.2, 0.25) is 10.0 Å². The van der Waals surface area contributed by atoms with Crippen LogP contribution in [0.4, 0.5) is 5.69 Å². The minimum atomic E-state index is -0.719. The van der Waals surface area contributed by atoms with E-state index >= 15 is 0 Å². The number of fused-ring (bicyclic) bond motifs is 1. The molecular formula is C21H15Cl2N5O2S. The lowest BCUT2D eigenvalue weighted by atomic mass is 10.1. The Hall–Kier alpha value is -2.94. The van der Waals surface area contributed by atoms with Crippen molar-refractivity contribution in [3.63, 3.8) is 0 Å². The molecule has 31 heavy (non-hydrogen) atoms. The van der Waals surface area contributed by atoms with E-state index in [-0.39, 0.29) is 28.2 Å². The Morgan fingerprint density at radius 1 is 1.19 bits per heavy atom. The molecule has 1 aliphatic heterocycles. The van der Waals surface area contributed by atoms with Crippen LogP contribution >= 0.6 is 35.0 Å². The molecule has 1 fully saturated rings. The van der Waals surface area contributed by atoms with Gasteiger partial charge in [-0.2, -0.15) is 5.10 Å². The monoisotopic (exact) mass is 471 g/mol. The second-order valence-corrected chi connectivity index (χ2v) is 8.64. The Morgan fingerprint density at radius 3 is 2.84 bits per heavy atom. The molecule has 1 aliphatic rings. The van der Waals surface area contributed by atoms with E-state index in [2.05, 4.69) is 15.2 Å². The predicted molar refractivity (Wildman–Crippen MR) is 126 cm³/mol. The third-order valence-electron chi connectivity index (χ3n) is 4.55. The number of pyridine rings is 1. The molecule has 2 N–H and O–H groups in total. The number of rotatable bonds is 4. The Labute approximate surface area is 191 Å². The largest absolute Gasteiger partial charge is 0.377 e. The SMILES string of the molecule is NC(=NN=Cc1ccnc2ccccc12)S[C@H]1CC(=O)N(c2cc(Cl)ccc2Cl)C1=O. The van der Waals surface area contributed by atoms with E-state index in [1.165, 1.54) is 12.1 Å². The number of aromatic nitrogens is 1. The molecule has 1 saturated heterocycles. The highest BCUT2D eigenvalue weighted by Crippen LogP contribution is 2.35. The van der Waals surface area contributed by atoms with Crippen molar-refractivity contribution < 1.29 is 9.59 Å². The zero-order chi connectivity index (χ0) is 22.0. The zero-order valence-corrected chi connectivity index (χ0v) is 18.2. The maximum absolute atomic E-state index is 12.8. The van der Waals surface area contributed by atoms with Crippen molar-refractivity contribution in [1.82, 2.24) is 4.98 Å². The van der Waals surface area contributed by atoms with E-state index in [1.54, 1.807) is 18.5 Å². The van der Waals surface area contributed by atoms with Crippen LogP contribution in [-0.4, -0.2) is 33.4 Å². The minimum absolute atomic E-state index is 0.0265. The molecule has 10 heteroatoms. The molecule has 2 aromatic carbocycles.